The van der Waals surface area contributed by atoms with Crippen LogP contribution in [0.2, 0.25) is 0 Å². The first-order valence-corrected chi connectivity index (χ1v) is 8.79. The van der Waals surface area contributed by atoms with Crippen LogP contribution in [0.1, 0.15) is 17.8 Å². The lowest BCUT2D eigenvalue weighted by atomic mass is 10.2. The van der Waals surface area contributed by atoms with Gasteiger partial charge < -0.3 is 9.47 Å². The number of rotatable bonds is 5. The van der Waals surface area contributed by atoms with Crippen LogP contribution in [0.5, 0.6) is 0 Å². The van der Waals surface area contributed by atoms with Gasteiger partial charge >= 0.3 is 0 Å². The minimum atomic E-state index is -0.261. The topological polar surface area (TPSA) is 50.2 Å². The molecule has 1 N–H and O–H groups in total. The predicted octanol–water partition coefficient (Wildman–Crippen LogP) is 2.60. The first kappa shape index (κ1) is 16.7. The van der Waals surface area contributed by atoms with Gasteiger partial charge in [-0.2, -0.15) is 0 Å². The van der Waals surface area contributed by atoms with Crippen molar-refractivity contribution in [3.8, 4) is 0 Å². The molecule has 4 rings (SSSR count). The van der Waals surface area contributed by atoms with E-state index in [-0.39, 0.29) is 17.8 Å². The summed E-state index contributed by atoms with van der Waals surface area (Å²) in [5.74, 6) is 0.743. The highest BCUT2D eigenvalue weighted by atomic mass is 19.1. The Balaban J connectivity index is 1.39. The second kappa shape index (κ2) is 6.88. The summed E-state index contributed by atoms with van der Waals surface area (Å²) in [5.41, 5.74) is 2.98. The number of fused-ring (bicyclic) bond motifs is 1. The highest BCUT2D eigenvalue weighted by Gasteiger charge is 2.31. The summed E-state index contributed by atoms with van der Waals surface area (Å²) in [6, 6.07) is 14.1. The standard InChI is InChI=1S/C20H21FN4O/c1-24-18-5-3-2-4-16(18)23-19(24)12-22-17-10-11-25(20(17)26)13-14-6-8-15(21)9-7-14/h2-9,17,22H,10-13H2,1H3. The molecule has 0 spiro atoms. The quantitative estimate of drug-likeness (QED) is 0.768. The zero-order chi connectivity index (χ0) is 18.1. The Morgan fingerprint density at radius 1 is 1.19 bits per heavy atom. The molecule has 0 radical (unpaired) electrons. The molecule has 2 heterocycles. The number of likely N-dealkylation sites (tertiary alicyclic amines) is 1. The number of para-hydroxylation sites is 2. The molecule has 1 aliphatic heterocycles. The molecule has 1 saturated heterocycles. The number of amides is 1. The minimum Gasteiger partial charge on any atom is -0.337 e. The third kappa shape index (κ3) is 3.20. The van der Waals surface area contributed by atoms with Crippen molar-refractivity contribution in [1.82, 2.24) is 19.8 Å². The van der Waals surface area contributed by atoms with Crippen molar-refractivity contribution in [2.45, 2.75) is 25.6 Å². The summed E-state index contributed by atoms with van der Waals surface area (Å²) < 4.78 is 15.1. The molecule has 3 aromatic rings. The first-order chi connectivity index (χ1) is 12.6. The van der Waals surface area contributed by atoms with Crippen LogP contribution in [-0.2, 0) is 24.9 Å². The number of imidazole rings is 1. The van der Waals surface area contributed by atoms with E-state index in [4.69, 9.17) is 0 Å². The molecule has 6 heteroatoms. The van der Waals surface area contributed by atoms with Gasteiger partial charge in [0.05, 0.1) is 23.6 Å². The highest BCUT2D eigenvalue weighted by Crippen LogP contribution is 2.17. The molecule has 1 atom stereocenters. The summed E-state index contributed by atoms with van der Waals surface area (Å²) >= 11 is 0. The Morgan fingerprint density at radius 2 is 1.96 bits per heavy atom. The molecule has 0 aliphatic carbocycles. The van der Waals surface area contributed by atoms with E-state index in [1.165, 1.54) is 12.1 Å². The zero-order valence-electron chi connectivity index (χ0n) is 14.7. The molecular weight excluding hydrogens is 331 g/mol. The molecule has 0 saturated carbocycles. The van der Waals surface area contributed by atoms with E-state index in [2.05, 4.69) is 14.9 Å². The summed E-state index contributed by atoms with van der Waals surface area (Å²) in [6.45, 7) is 1.77. The molecule has 1 amide bonds. The molecule has 0 bridgehead atoms. The van der Waals surface area contributed by atoms with Gasteiger partial charge in [0.1, 0.15) is 11.6 Å². The van der Waals surface area contributed by atoms with E-state index in [0.29, 0.717) is 19.6 Å². The lowest BCUT2D eigenvalue weighted by Gasteiger charge is -2.17. The van der Waals surface area contributed by atoms with Crippen molar-refractivity contribution in [2.24, 2.45) is 7.05 Å². The summed E-state index contributed by atoms with van der Waals surface area (Å²) in [5, 5.41) is 3.34. The fourth-order valence-electron chi connectivity index (χ4n) is 3.46. The number of benzene rings is 2. The number of halogens is 1. The SMILES string of the molecule is Cn1c(CNC2CCN(Cc3ccc(F)cc3)C2=O)nc2ccccc21. The summed E-state index contributed by atoms with van der Waals surface area (Å²) in [6.07, 6.45) is 0.768. The number of hydrogen-bond donors (Lipinski definition) is 1. The molecule has 1 aromatic heterocycles. The van der Waals surface area contributed by atoms with Gasteiger partial charge in [-0.15, -0.1) is 0 Å². The maximum Gasteiger partial charge on any atom is 0.240 e. The van der Waals surface area contributed by atoms with Crippen LogP contribution >= 0.6 is 0 Å². The summed E-state index contributed by atoms with van der Waals surface area (Å²) in [4.78, 5) is 19.1. The fraction of sp³-hybridized carbons (Fsp3) is 0.300. The number of carbonyl (C=O) groups excluding carboxylic acids is 1. The second-order valence-corrected chi connectivity index (χ2v) is 6.68. The molecule has 134 valence electrons. The van der Waals surface area contributed by atoms with Gasteiger partial charge in [-0.1, -0.05) is 24.3 Å². The maximum atomic E-state index is 13.0. The fourth-order valence-corrected chi connectivity index (χ4v) is 3.46. The van der Waals surface area contributed by atoms with Crippen molar-refractivity contribution in [1.29, 1.82) is 0 Å². The number of carbonyl (C=O) groups is 1. The number of nitrogens with one attached hydrogen (secondary N) is 1. The molecule has 2 aromatic carbocycles. The zero-order valence-corrected chi connectivity index (χ0v) is 14.7. The van der Waals surface area contributed by atoms with Gasteiger partial charge in [-0.25, -0.2) is 9.37 Å². The van der Waals surface area contributed by atoms with Gasteiger partial charge in [0, 0.05) is 20.1 Å². The van der Waals surface area contributed by atoms with Crippen LogP contribution < -0.4 is 5.32 Å². The molecule has 1 aliphatic rings. The van der Waals surface area contributed by atoms with E-state index in [1.54, 1.807) is 12.1 Å². The predicted molar refractivity (Wildman–Crippen MR) is 97.8 cm³/mol. The van der Waals surface area contributed by atoms with Gasteiger partial charge in [-0.05, 0) is 36.2 Å². The maximum absolute atomic E-state index is 13.0. The van der Waals surface area contributed by atoms with Crippen LogP contribution in [-0.4, -0.2) is 32.9 Å². The first-order valence-electron chi connectivity index (χ1n) is 8.79. The lowest BCUT2D eigenvalue weighted by Crippen LogP contribution is -2.38. The van der Waals surface area contributed by atoms with Gasteiger partial charge in [0.25, 0.3) is 0 Å². The monoisotopic (exact) mass is 352 g/mol. The molecular formula is C20H21FN4O. The normalized spacial score (nSPS) is 17.4. The van der Waals surface area contributed by atoms with Crippen LogP contribution in [0.4, 0.5) is 4.39 Å². The molecule has 5 nitrogen and oxygen atoms in total. The van der Waals surface area contributed by atoms with E-state index < -0.39 is 0 Å². The largest absolute Gasteiger partial charge is 0.337 e. The van der Waals surface area contributed by atoms with Gasteiger partial charge in [0.15, 0.2) is 0 Å². The molecule has 1 unspecified atom stereocenters. The molecule has 1 fully saturated rings. The van der Waals surface area contributed by atoms with Crippen LogP contribution in [0.25, 0.3) is 11.0 Å². The number of hydrogen-bond acceptors (Lipinski definition) is 3. The number of aromatic nitrogens is 2. The van der Waals surface area contributed by atoms with Crippen LogP contribution in [0, 0.1) is 5.82 Å². The number of nitrogens with zero attached hydrogens (tertiary/aromatic N) is 3. The van der Waals surface area contributed by atoms with Gasteiger partial charge in [-0.3, -0.25) is 10.1 Å². The average Bonchev–Trinajstić information content (AvgIpc) is 3.16. The van der Waals surface area contributed by atoms with Gasteiger partial charge in [0.2, 0.25) is 5.91 Å². The van der Waals surface area contributed by atoms with Crippen molar-refractivity contribution in [3.05, 3.63) is 65.7 Å². The number of aryl methyl sites for hydroxylation is 1. The van der Waals surface area contributed by atoms with Crippen LogP contribution in [0.15, 0.2) is 48.5 Å². The Hall–Kier alpha value is -2.73. The Kier molecular flexibility index (Phi) is 4.42. The third-order valence-corrected chi connectivity index (χ3v) is 4.97. The third-order valence-electron chi connectivity index (χ3n) is 4.97. The summed E-state index contributed by atoms with van der Waals surface area (Å²) in [7, 11) is 1.99. The smallest absolute Gasteiger partial charge is 0.240 e. The van der Waals surface area contributed by atoms with Crippen molar-refractivity contribution >= 4 is 16.9 Å². The Bertz CT molecular complexity index is 935. The van der Waals surface area contributed by atoms with E-state index in [0.717, 1.165) is 28.8 Å². The minimum absolute atomic E-state index is 0.0908. The van der Waals surface area contributed by atoms with Crippen LogP contribution in [0.3, 0.4) is 0 Å². The van der Waals surface area contributed by atoms with E-state index in [9.17, 15) is 9.18 Å². The van der Waals surface area contributed by atoms with Crippen molar-refractivity contribution in [3.63, 3.8) is 0 Å². The van der Waals surface area contributed by atoms with E-state index >= 15 is 0 Å². The van der Waals surface area contributed by atoms with Crippen molar-refractivity contribution < 1.29 is 9.18 Å². The second-order valence-electron chi connectivity index (χ2n) is 6.68. The molecule has 26 heavy (non-hydrogen) atoms. The Morgan fingerprint density at radius 3 is 2.73 bits per heavy atom. The highest BCUT2D eigenvalue weighted by molar-refractivity contribution is 5.84. The van der Waals surface area contributed by atoms with Crippen molar-refractivity contribution in [2.75, 3.05) is 6.54 Å². The Labute approximate surface area is 151 Å². The lowest BCUT2D eigenvalue weighted by molar-refractivity contribution is -0.129. The van der Waals surface area contributed by atoms with E-state index in [1.807, 2.05) is 36.2 Å². The average molecular weight is 352 g/mol.